The van der Waals surface area contributed by atoms with Crippen LogP contribution in [0.4, 0.5) is 5.69 Å². The topological polar surface area (TPSA) is 35.2 Å². The van der Waals surface area contributed by atoms with Crippen LogP contribution in [0.5, 0.6) is 5.75 Å². The quantitative estimate of drug-likeness (QED) is 0.497. The normalized spacial score (nSPS) is 9.73. The Morgan fingerprint density at radius 1 is 1.45 bits per heavy atom. The van der Waals surface area contributed by atoms with Crippen LogP contribution in [0.3, 0.4) is 0 Å². The molecule has 0 aromatic heterocycles. The van der Waals surface area contributed by atoms with Gasteiger partial charge in [0.1, 0.15) is 5.75 Å². The van der Waals surface area contributed by atoms with Crippen molar-refractivity contribution in [1.82, 2.24) is 0 Å². The molecule has 0 saturated heterocycles. The molecule has 1 aromatic rings. The molecule has 0 aliphatic heterocycles. The van der Waals surface area contributed by atoms with Gasteiger partial charge in [-0.25, -0.2) is 0 Å². The number of hydrogen-bond donors (Lipinski definition) is 2. The summed E-state index contributed by atoms with van der Waals surface area (Å²) in [6, 6.07) is 3.66. The van der Waals surface area contributed by atoms with E-state index in [1.807, 2.05) is 13.0 Å². The summed E-state index contributed by atoms with van der Waals surface area (Å²) in [4.78, 5) is 0.825. The summed E-state index contributed by atoms with van der Waals surface area (Å²) in [6.45, 7) is 1.95. The largest absolute Gasteiger partial charge is 0.497 e. The summed E-state index contributed by atoms with van der Waals surface area (Å²) < 4.78 is 5.02. The SMILES string of the molecule is COc1cc(C)c(S)c(N)c1. The molecule has 0 unspecified atom stereocenters. The van der Waals surface area contributed by atoms with Gasteiger partial charge in [0.25, 0.3) is 0 Å². The number of hydrogen-bond acceptors (Lipinski definition) is 3. The number of aryl methyl sites for hydroxylation is 1. The van der Waals surface area contributed by atoms with E-state index in [9.17, 15) is 0 Å². The number of nitrogens with two attached hydrogens (primary N) is 1. The van der Waals surface area contributed by atoms with Crippen molar-refractivity contribution in [3.63, 3.8) is 0 Å². The molecule has 3 heteroatoms. The Morgan fingerprint density at radius 2 is 2.09 bits per heavy atom. The van der Waals surface area contributed by atoms with Gasteiger partial charge in [-0.05, 0) is 18.6 Å². The summed E-state index contributed by atoms with van der Waals surface area (Å²) in [5, 5.41) is 0. The van der Waals surface area contributed by atoms with Gasteiger partial charge in [0.05, 0.1) is 7.11 Å². The van der Waals surface area contributed by atoms with Gasteiger partial charge in [-0.1, -0.05) is 0 Å². The molecule has 0 heterocycles. The zero-order valence-electron chi connectivity index (χ0n) is 6.59. The van der Waals surface area contributed by atoms with E-state index >= 15 is 0 Å². The van der Waals surface area contributed by atoms with Crippen molar-refractivity contribution in [2.24, 2.45) is 0 Å². The van der Waals surface area contributed by atoms with Crippen LogP contribution in [0, 0.1) is 6.92 Å². The first-order valence-electron chi connectivity index (χ1n) is 3.28. The van der Waals surface area contributed by atoms with Crippen LogP contribution >= 0.6 is 12.6 Å². The fourth-order valence-corrected chi connectivity index (χ4v) is 1.02. The van der Waals surface area contributed by atoms with Crippen molar-refractivity contribution in [2.75, 3.05) is 12.8 Å². The summed E-state index contributed by atoms with van der Waals surface area (Å²) >= 11 is 4.22. The van der Waals surface area contributed by atoms with Crippen molar-refractivity contribution < 1.29 is 4.74 Å². The maximum Gasteiger partial charge on any atom is 0.121 e. The average molecular weight is 169 g/mol. The van der Waals surface area contributed by atoms with Crippen LogP contribution in [0.2, 0.25) is 0 Å². The second kappa shape index (κ2) is 3.05. The van der Waals surface area contributed by atoms with Crippen LogP contribution in [0.25, 0.3) is 0 Å². The molecule has 1 aromatic carbocycles. The monoisotopic (exact) mass is 169 g/mol. The highest BCUT2D eigenvalue weighted by Gasteiger charge is 2.00. The number of methoxy groups -OCH3 is 1. The van der Waals surface area contributed by atoms with Crippen LogP contribution in [-0.4, -0.2) is 7.11 Å². The zero-order valence-corrected chi connectivity index (χ0v) is 7.48. The van der Waals surface area contributed by atoms with Gasteiger partial charge in [-0.3, -0.25) is 0 Å². The Hall–Kier alpha value is -0.830. The lowest BCUT2D eigenvalue weighted by Crippen LogP contribution is -1.92. The second-order valence-electron chi connectivity index (χ2n) is 2.38. The molecule has 60 valence electrons. The molecular weight excluding hydrogens is 158 g/mol. The van der Waals surface area contributed by atoms with Crippen molar-refractivity contribution in [1.29, 1.82) is 0 Å². The molecule has 0 radical (unpaired) electrons. The predicted molar refractivity (Wildman–Crippen MR) is 49.4 cm³/mol. The molecule has 2 N–H and O–H groups in total. The molecular formula is C8H11NOS. The van der Waals surface area contributed by atoms with Gasteiger partial charge >= 0.3 is 0 Å². The van der Waals surface area contributed by atoms with Gasteiger partial charge in [0.2, 0.25) is 0 Å². The molecule has 2 nitrogen and oxygen atoms in total. The van der Waals surface area contributed by atoms with E-state index in [0.717, 1.165) is 16.2 Å². The Morgan fingerprint density at radius 3 is 2.55 bits per heavy atom. The minimum Gasteiger partial charge on any atom is -0.497 e. The van der Waals surface area contributed by atoms with E-state index in [4.69, 9.17) is 10.5 Å². The Bertz CT molecular complexity index is 250. The second-order valence-corrected chi connectivity index (χ2v) is 2.83. The Kier molecular flexibility index (Phi) is 2.29. The highest BCUT2D eigenvalue weighted by atomic mass is 32.1. The van der Waals surface area contributed by atoms with E-state index in [1.54, 1.807) is 13.2 Å². The molecule has 0 aliphatic rings. The summed E-state index contributed by atoms with van der Waals surface area (Å²) in [5.74, 6) is 0.776. The van der Waals surface area contributed by atoms with Gasteiger partial charge in [-0.2, -0.15) is 0 Å². The number of ether oxygens (including phenoxy) is 1. The molecule has 0 bridgehead atoms. The van der Waals surface area contributed by atoms with Gasteiger partial charge in [0, 0.05) is 16.6 Å². The van der Waals surface area contributed by atoms with Gasteiger partial charge < -0.3 is 10.5 Å². The molecule has 1 rings (SSSR count). The Balaban J connectivity index is 3.21. The number of nitrogen functional groups attached to an aromatic ring is 1. The first kappa shape index (κ1) is 8.27. The van der Waals surface area contributed by atoms with Crippen LogP contribution in [0.1, 0.15) is 5.56 Å². The third-order valence-electron chi connectivity index (χ3n) is 1.54. The summed E-state index contributed by atoms with van der Waals surface area (Å²) in [5.41, 5.74) is 7.33. The van der Waals surface area contributed by atoms with Crippen LogP contribution < -0.4 is 10.5 Å². The molecule has 0 fully saturated rings. The predicted octanol–water partition coefficient (Wildman–Crippen LogP) is 1.87. The number of benzene rings is 1. The number of rotatable bonds is 1. The van der Waals surface area contributed by atoms with E-state index in [2.05, 4.69) is 12.6 Å². The lowest BCUT2D eigenvalue weighted by Gasteiger charge is -2.06. The minimum absolute atomic E-state index is 0.658. The smallest absolute Gasteiger partial charge is 0.121 e. The van der Waals surface area contributed by atoms with Crippen LogP contribution in [0.15, 0.2) is 17.0 Å². The Labute approximate surface area is 71.8 Å². The third-order valence-corrected chi connectivity index (χ3v) is 2.15. The number of anilines is 1. The third kappa shape index (κ3) is 1.60. The fraction of sp³-hybridized carbons (Fsp3) is 0.250. The highest BCUT2D eigenvalue weighted by molar-refractivity contribution is 7.80. The minimum atomic E-state index is 0.658. The van der Waals surface area contributed by atoms with Crippen molar-refractivity contribution in [3.8, 4) is 5.75 Å². The average Bonchev–Trinajstić information content (AvgIpc) is 1.99. The maximum atomic E-state index is 5.64. The lowest BCUT2D eigenvalue weighted by atomic mass is 10.2. The van der Waals surface area contributed by atoms with Crippen LogP contribution in [-0.2, 0) is 0 Å². The first-order valence-corrected chi connectivity index (χ1v) is 3.73. The molecule has 0 amide bonds. The highest BCUT2D eigenvalue weighted by Crippen LogP contribution is 2.26. The van der Waals surface area contributed by atoms with Gasteiger partial charge in [-0.15, -0.1) is 12.6 Å². The summed E-state index contributed by atoms with van der Waals surface area (Å²) in [7, 11) is 1.62. The summed E-state index contributed by atoms with van der Waals surface area (Å²) in [6.07, 6.45) is 0. The molecule has 11 heavy (non-hydrogen) atoms. The standard InChI is InChI=1S/C8H11NOS/c1-5-3-6(10-2)4-7(9)8(5)11/h3-4,11H,9H2,1-2H3. The van der Waals surface area contributed by atoms with Crippen molar-refractivity contribution >= 4 is 18.3 Å². The van der Waals surface area contributed by atoms with E-state index in [1.165, 1.54) is 0 Å². The van der Waals surface area contributed by atoms with Crippen molar-refractivity contribution in [2.45, 2.75) is 11.8 Å². The van der Waals surface area contributed by atoms with Crippen molar-refractivity contribution in [3.05, 3.63) is 17.7 Å². The maximum absolute atomic E-state index is 5.64. The fourth-order valence-electron chi connectivity index (χ4n) is 0.891. The van der Waals surface area contributed by atoms with Gasteiger partial charge in [0.15, 0.2) is 0 Å². The number of thiol groups is 1. The molecule has 0 atom stereocenters. The van der Waals surface area contributed by atoms with E-state index in [-0.39, 0.29) is 0 Å². The zero-order chi connectivity index (χ0) is 8.43. The lowest BCUT2D eigenvalue weighted by molar-refractivity contribution is 0.414. The van der Waals surface area contributed by atoms with E-state index < -0.39 is 0 Å². The molecule has 0 spiro atoms. The molecule has 0 aliphatic carbocycles. The molecule has 0 saturated carbocycles. The first-order chi connectivity index (χ1) is 5.15. The van der Waals surface area contributed by atoms with E-state index in [0.29, 0.717) is 5.69 Å².